The van der Waals surface area contributed by atoms with E-state index in [0.29, 0.717) is 0 Å². The highest BCUT2D eigenvalue weighted by Gasteiger charge is 1.89. The number of rotatable bonds is 1. The van der Waals surface area contributed by atoms with Crippen molar-refractivity contribution in [1.29, 1.82) is 0 Å². The largest absolute Gasteiger partial charge is 0.497 e. The maximum atomic E-state index is 5.07. The third-order valence-electron chi connectivity index (χ3n) is 1.48. The first-order valence-electron chi connectivity index (χ1n) is 5.41. The normalized spacial score (nSPS) is 8.00. The van der Waals surface area contributed by atoms with Crippen molar-refractivity contribution >= 4 is 0 Å². The summed E-state index contributed by atoms with van der Waals surface area (Å²) < 4.78 is 5.07. The van der Waals surface area contributed by atoms with Crippen LogP contribution in [0.3, 0.4) is 0 Å². The van der Waals surface area contributed by atoms with Gasteiger partial charge < -0.3 is 4.74 Å². The van der Waals surface area contributed by atoms with Crippen molar-refractivity contribution in [2.45, 2.75) is 33.6 Å². The van der Waals surface area contributed by atoms with E-state index in [9.17, 15) is 0 Å². The minimum absolute atomic E-state index is 0.859. The van der Waals surface area contributed by atoms with E-state index in [-0.39, 0.29) is 0 Å². The van der Waals surface area contributed by atoms with Crippen molar-refractivity contribution in [2.75, 3.05) is 7.11 Å². The Balaban J connectivity index is 0.000000583. The van der Waals surface area contributed by atoms with Gasteiger partial charge in [0, 0.05) is 12.0 Å². The fourth-order valence-corrected chi connectivity index (χ4v) is 0.891. The summed E-state index contributed by atoms with van der Waals surface area (Å²) in [6, 6.07) is 7.77. The maximum Gasteiger partial charge on any atom is 0.120 e. The van der Waals surface area contributed by atoms with E-state index in [1.807, 2.05) is 31.2 Å². The van der Waals surface area contributed by atoms with Crippen molar-refractivity contribution < 1.29 is 4.74 Å². The van der Waals surface area contributed by atoms with Crippen LogP contribution in [0.15, 0.2) is 24.3 Å². The van der Waals surface area contributed by atoms with E-state index < -0.39 is 0 Å². The minimum atomic E-state index is 0.859. The first-order valence-corrected chi connectivity index (χ1v) is 5.41. The first-order chi connectivity index (χ1) is 7.28. The molecule has 15 heavy (non-hydrogen) atoms. The SMILES string of the molecule is CCC.CCC#Cc1cccc(OC)c1. The summed E-state index contributed by atoms with van der Waals surface area (Å²) in [4.78, 5) is 0. The van der Waals surface area contributed by atoms with E-state index in [2.05, 4.69) is 25.7 Å². The van der Waals surface area contributed by atoms with Gasteiger partial charge in [0.1, 0.15) is 5.75 Å². The predicted molar refractivity (Wildman–Crippen MR) is 66.1 cm³/mol. The fourth-order valence-electron chi connectivity index (χ4n) is 0.891. The molecule has 0 atom stereocenters. The van der Waals surface area contributed by atoms with E-state index >= 15 is 0 Å². The van der Waals surface area contributed by atoms with Crippen LogP contribution in [0.25, 0.3) is 0 Å². The van der Waals surface area contributed by atoms with Crippen molar-refractivity contribution in [2.24, 2.45) is 0 Å². The van der Waals surface area contributed by atoms with Gasteiger partial charge in [-0.2, -0.15) is 0 Å². The number of hydrogen-bond donors (Lipinski definition) is 0. The van der Waals surface area contributed by atoms with Gasteiger partial charge in [0.05, 0.1) is 7.11 Å². The molecule has 0 aliphatic rings. The van der Waals surface area contributed by atoms with E-state index in [0.717, 1.165) is 17.7 Å². The summed E-state index contributed by atoms with van der Waals surface area (Å²) in [5.74, 6) is 6.91. The molecule has 0 spiro atoms. The van der Waals surface area contributed by atoms with Crippen LogP contribution in [0.2, 0.25) is 0 Å². The predicted octanol–water partition coefficient (Wildman–Crippen LogP) is 3.87. The summed E-state index contributed by atoms with van der Waals surface area (Å²) in [5, 5.41) is 0. The highest BCUT2D eigenvalue weighted by molar-refractivity contribution is 5.39. The summed E-state index contributed by atoms with van der Waals surface area (Å²) >= 11 is 0. The van der Waals surface area contributed by atoms with Crippen molar-refractivity contribution in [3.8, 4) is 17.6 Å². The van der Waals surface area contributed by atoms with Gasteiger partial charge >= 0.3 is 0 Å². The molecule has 0 unspecified atom stereocenters. The maximum absolute atomic E-state index is 5.07. The molecule has 0 fully saturated rings. The zero-order chi connectivity index (χ0) is 11.5. The minimum Gasteiger partial charge on any atom is -0.497 e. The number of ether oxygens (including phenoxy) is 1. The van der Waals surface area contributed by atoms with E-state index in [1.54, 1.807) is 7.11 Å². The van der Waals surface area contributed by atoms with Gasteiger partial charge in [-0.05, 0) is 18.2 Å². The lowest BCUT2D eigenvalue weighted by molar-refractivity contribution is 0.414. The molecule has 0 N–H and O–H groups in total. The van der Waals surface area contributed by atoms with Crippen LogP contribution < -0.4 is 4.74 Å². The van der Waals surface area contributed by atoms with Crippen molar-refractivity contribution in [3.05, 3.63) is 29.8 Å². The smallest absolute Gasteiger partial charge is 0.120 e. The van der Waals surface area contributed by atoms with Gasteiger partial charge in [-0.3, -0.25) is 0 Å². The van der Waals surface area contributed by atoms with Gasteiger partial charge in [-0.15, -0.1) is 0 Å². The van der Waals surface area contributed by atoms with Crippen LogP contribution >= 0.6 is 0 Å². The monoisotopic (exact) mass is 204 g/mol. The molecule has 1 aromatic carbocycles. The molecular formula is C14H20O. The van der Waals surface area contributed by atoms with Crippen LogP contribution in [0, 0.1) is 11.8 Å². The molecule has 1 nitrogen and oxygen atoms in total. The molecule has 0 heterocycles. The molecule has 0 bridgehead atoms. The number of benzene rings is 1. The zero-order valence-electron chi connectivity index (χ0n) is 10.1. The third-order valence-corrected chi connectivity index (χ3v) is 1.48. The lowest BCUT2D eigenvalue weighted by Gasteiger charge is -1.97. The Morgan fingerprint density at radius 1 is 1.20 bits per heavy atom. The lowest BCUT2D eigenvalue weighted by atomic mass is 10.2. The third kappa shape index (κ3) is 6.62. The Bertz CT molecular complexity index is 318. The standard InChI is InChI=1S/C11H12O.C3H8/c1-3-4-6-10-7-5-8-11(9-10)12-2;1-3-2/h5,7-9H,3H2,1-2H3;3H2,1-2H3. The molecule has 82 valence electrons. The molecule has 1 aromatic rings. The Morgan fingerprint density at radius 2 is 1.87 bits per heavy atom. The number of hydrogen-bond acceptors (Lipinski definition) is 1. The Hall–Kier alpha value is -1.42. The van der Waals surface area contributed by atoms with Gasteiger partial charge in [0.15, 0.2) is 0 Å². The molecule has 0 saturated carbocycles. The Kier molecular flexibility index (Phi) is 8.28. The molecule has 0 amide bonds. The molecule has 1 heteroatoms. The van der Waals surface area contributed by atoms with Crippen molar-refractivity contribution in [1.82, 2.24) is 0 Å². The van der Waals surface area contributed by atoms with Gasteiger partial charge in [-0.1, -0.05) is 45.1 Å². The summed E-state index contributed by atoms with van der Waals surface area (Å²) in [6.07, 6.45) is 2.14. The molecule has 0 aliphatic carbocycles. The van der Waals surface area contributed by atoms with Gasteiger partial charge in [0.2, 0.25) is 0 Å². The average Bonchev–Trinajstić information content (AvgIpc) is 2.28. The molecular weight excluding hydrogens is 184 g/mol. The second kappa shape index (κ2) is 9.15. The summed E-state index contributed by atoms with van der Waals surface area (Å²) in [7, 11) is 1.66. The molecule has 1 rings (SSSR count). The average molecular weight is 204 g/mol. The lowest BCUT2D eigenvalue weighted by Crippen LogP contribution is -1.82. The van der Waals surface area contributed by atoms with Crippen LogP contribution in [0.1, 0.15) is 39.2 Å². The quantitative estimate of drug-likeness (QED) is 0.631. The summed E-state index contributed by atoms with van der Waals surface area (Å²) in [6.45, 7) is 6.28. The molecule has 0 aliphatic heterocycles. The van der Waals surface area contributed by atoms with E-state index in [1.165, 1.54) is 6.42 Å². The van der Waals surface area contributed by atoms with Crippen LogP contribution in [-0.4, -0.2) is 7.11 Å². The van der Waals surface area contributed by atoms with Crippen LogP contribution in [-0.2, 0) is 0 Å². The summed E-state index contributed by atoms with van der Waals surface area (Å²) in [5.41, 5.74) is 1.01. The highest BCUT2D eigenvalue weighted by Crippen LogP contribution is 2.11. The molecule has 0 radical (unpaired) electrons. The highest BCUT2D eigenvalue weighted by atomic mass is 16.5. The second-order valence-electron chi connectivity index (χ2n) is 3.09. The second-order valence-corrected chi connectivity index (χ2v) is 3.09. The van der Waals surface area contributed by atoms with E-state index in [4.69, 9.17) is 4.74 Å². The van der Waals surface area contributed by atoms with Crippen LogP contribution in [0.5, 0.6) is 5.75 Å². The van der Waals surface area contributed by atoms with Crippen molar-refractivity contribution in [3.63, 3.8) is 0 Å². The molecule has 0 aromatic heterocycles. The zero-order valence-corrected chi connectivity index (χ0v) is 10.1. The fraction of sp³-hybridized carbons (Fsp3) is 0.429. The Labute approximate surface area is 93.5 Å². The first kappa shape index (κ1) is 13.6. The van der Waals surface area contributed by atoms with Gasteiger partial charge in [0.25, 0.3) is 0 Å². The Morgan fingerprint density at radius 3 is 2.40 bits per heavy atom. The van der Waals surface area contributed by atoms with Crippen LogP contribution in [0.4, 0.5) is 0 Å². The molecule has 0 saturated heterocycles. The number of methoxy groups -OCH3 is 1. The topological polar surface area (TPSA) is 9.23 Å². The van der Waals surface area contributed by atoms with Gasteiger partial charge in [-0.25, -0.2) is 0 Å².